The molecule has 0 rings (SSSR count). The van der Waals surface area contributed by atoms with Crippen molar-refractivity contribution < 1.29 is 47.6 Å². The first-order valence-electron chi connectivity index (χ1n) is 9.44. The van der Waals surface area contributed by atoms with Crippen molar-refractivity contribution in [2.75, 3.05) is 59.5 Å². The summed E-state index contributed by atoms with van der Waals surface area (Å²) in [6.07, 6.45) is -0.796. The van der Waals surface area contributed by atoms with Gasteiger partial charge in [0.1, 0.15) is 18.8 Å². The van der Waals surface area contributed by atoms with Crippen LogP contribution in [0.3, 0.4) is 0 Å². The Bertz CT molecular complexity index is 530. The summed E-state index contributed by atoms with van der Waals surface area (Å²) < 4.78 is 30.4. The van der Waals surface area contributed by atoms with Crippen LogP contribution in [0.2, 0.25) is 0 Å². The van der Waals surface area contributed by atoms with Crippen LogP contribution in [0, 0.1) is 0 Å². The Kier molecular flexibility index (Phi) is 15.4. The standard InChI is InChI=1S/C19H33NO10/c1-15(2)17(22)28-13-11-26-9-7-24-6-8-25-10-12-27-16(21)14-29-20-18(23)30-19(3,4)5/h1,6-14H2,2-5H3,(H,20,23). The van der Waals surface area contributed by atoms with Crippen molar-refractivity contribution in [3.63, 3.8) is 0 Å². The first kappa shape index (κ1) is 27.8. The molecule has 0 aromatic rings. The highest BCUT2D eigenvalue weighted by Crippen LogP contribution is 2.06. The largest absolute Gasteiger partial charge is 0.461 e. The molecule has 0 saturated heterocycles. The lowest BCUT2D eigenvalue weighted by atomic mass is 10.2. The van der Waals surface area contributed by atoms with Crippen molar-refractivity contribution >= 4 is 18.0 Å². The molecule has 0 aromatic heterocycles. The molecule has 0 atom stereocenters. The number of ether oxygens (including phenoxy) is 6. The van der Waals surface area contributed by atoms with Crippen LogP contribution in [0.15, 0.2) is 12.2 Å². The van der Waals surface area contributed by atoms with Gasteiger partial charge in [0.15, 0.2) is 6.61 Å². The maximum atomic E-state index is 11.4. The number of carbonyl (C=O) groups is 3. The van der Waals surface area contributed by atoms with Gasteiger partial charge in [-0.1, -0.05) is 6.58 Å². The van der Waals surface area contributed by atoms with E-state index in [1.807, 2.05) is 5.48 Å². The smallest absolute Gasteiger partial charge is 0.431 e. The van der Waals surface area contributed by atoms with E-state index >= 15 is 0 Å². The fraction of sp³-hybridized carbons (Fsp3) is 0.737. The van der Waals surface area contributed by atoms with E-state index in [1.165, 1.54) is 0 Å². The zero-order chi connectivity index (χ0) is 22.8. The highest BCUT2D eigenvalue weighted by Gasteiger charge is 2.16. The third-order valence-electron chi connectivity index (χ3n) is 2.79. The zero-order valence-corrected chi connectivity index (χ0v) is 18.2. The first-order valence-corrected chi connectivity index (χ1v) is 9.44. The number of rotatable bonds is 16. The summed E-state index contributed by atoms with van der Waals surface area (Å²) >= 11 is 0. The molecule has 0 aliphatic rings. The molecule has 0 unspecified atom stereocenters. The molecule has 0 saturated carbocycles. The summed E-state index contributed by atoms with van der Waals surface area (Å²) in [7, 11) is 0. The summed E-state index contributed by atoms with van der Waals surface area (Å²) in [4.78, 5) is 38.5. The average Bonchev–Trinajstić information content (AvgIpc) is 2.63. The van der Waals surface area contributed by atoms with Gasteiger partial charge in [-0.05, 0) is 27.7 Å². The molecule has 11 heteroatoms. The summed E-state index contributed by atoms with van der Waals surface area (Å²) in [6, 6.07) is 0. The summed E-state index contributed by atoms with van der Waals surface area (Å²) in [6.45, 7) is 11.8. The van der Waals surface area contributed by atoms with Gasteiger partial charge in [0.2, 0.25) is 0 Å². The second-order valence-electron chi connectivity index (χ2n) is 6.87. The molecule has 1 N–H and O–H groups in total. The van der Waals surface area contributed by atoms with Crippen LogP contribution >= 0.6 is 0 Å². The number of hydroxylamine groups is 1. The Hall–Kier alpha value is -2.21. The molecule has 174 valence electrons. The lowest BCUT2D eigenvalue weighted by Crippen LogP contribution is -2.34. The fourth-order valence-corrected chi connectivity index (χ4v) is 1.57. The highest BCUT2D eigenvalue weighted by molar-refractivity contribution is 5.86. The second-order valence-corrected chi connectivity index (χ2v) is 6.87. The number of amides is 1. The van der Waals surface area contributed by atoms with E-state index in [2.05, 4.69) is 11.4 Å². The molecule has 0 aliphatic heterocycles. The third-order valence-corrected chi connectivity index (χ3v) is 2.79. The third kappa shape index (κ3) is 19.1. The predicted molar refractivity (Wildman–Crippen MR) is 105 cm³/mol. The molecule has 0 spiro atoms. The van der Waals surface area contributed by atoms with E-state index in [9.17, 15) is 14.4 Å². The van der Waals surface area contributed by atoms with Crippen LogP contribution in [-0.4, -0.2) is 83.1 Å². The Labute approximate surface area is 176 Å². The molecule has 0 aliphatic carbocycles. The molecule has 1 amide bonds. The molecule has 11 nitrogen and oxygen atoms in total. The van der Waals surface area contributed by atoms with Crippen LogP contribution in [0.25, 0.3) is 0 Å². The van der Waals surface area contributed by atoms with E-state index in [0.29, 0.717) is 32.0 Å². The minimum absolute atomic E-state index is 0.0423. The van der Waals surface area contributed by atoms with Crippen molar-refractivity contribution in [2.45, 2.75) is 33.3 Å². The quantitative estimate of drug-likeness (QED) is 0.124. The van der Waals surface area contributed by atoms with E-state index < -0.39 is 30.2 Å². The fourth-order valence-electron chi connectivity index (χ4n) is 1.57. The summed E-state index contributed by atoms with van der Waals surface area (Å²) in [5, 5.41) is 0. The summed E-state index contributed by atoms with van der Waals surface area (Å²) in [5.74, 6) is -1.10. The van der Waals surface area contributed by atoms with Gasteiger partial charge < -0.3 is 28.4 Å². The van der Waals surface area contributed by atoms with Gasteiger partial charge in [0.25, 0.3) is 0 Å². The minimum atomic E-state index is -0.796. The minimum Gasteiger partial charge on any atom is -0.461 e. The number of hydrogen-bond acceptors (Lipinski definition) is 10. The average molecular weight is 435 g/mol. The molecule has 0 radical (unpaired) electrons. The van der Waals surface area contributed by atoms with E-state index in [0.717, 1.165) is 0 Å². The lowest BCUT2D eigenvalue weighted by molar-refractivity contribution is -0.153. The Morgan fingerprint density at radius 3 is 1.73 bits per heavy atom. The molecule has 0 fully saturated rings. The van der Waals surface area contributed by atoms with Gasteiger partial charge >= 0.3 is 18.0 Å². The molecule has 0 heterocycles. The van der Waals surface area contributed by atoms with Gasteiger partial charge in [-0.2, -0.15) is 5.48 Å². The molecule has 30 heavy (non-hydrogen) atoms. The Morgan fingerprint density at radius 2 is 1.27 bits per heavy atom. The molecular formula is C19H33NO10. The first-order chi connectivity index (χ1) is 14.1. The van der Waals surface area contributed by atoms with Gasteiger partial charge in [0, 0.05) is 5.57 Å². The molecular weight excluding hydrogens is 402 g/mol. The summed E-state index contributed by atoms with van der Waals surface area (Å²) in [5.41, 5.74) is 1.66. The highest BCUT2D eigenvalue weighted by atomic mass is 16.7. The molecule has 0 aromatic carbocycles. The van der Waals surface area contributed by atoms with Gasteiger partial charge in [-0.3, -0.25) is 4.84 Å². The Morgan fingerprint density at radius 1 is 0.800 bits per heavy atom. The van der Waals surface area contributed by atoms with Crippen molar-refractivity contribution in [1.29, 1.82) is 0 Å². The van der Waals surface area contributed by atoms with Gasteiger partial charge in [-0.25, -0.2) is 14.4 Å². The second kappa shape index (κ2) is 16.6. The Balaban J connectivity index is 3.35. The van der Waals surface area contributed by atoms with Crippen LogP contribution in [0.5, 0.6) is 0 Å². The van der Waals surface area contributed by atoms with Crippen molar-refractivity contribution in [1.82, 2.24) is 5.48 Å². The topological polar surface area (TPSA) is 128 Å². The maximum absolute atomic E-state index is 11.4. The van der Waals surface area contributed by atoms with Crippen molar-refractivity contribution in [2.24, 2.45) is 0 Å². The normalized spacial score (nSPS) is 10.9. The lowest BCUT2D eigenvalue weighted by Gasteiger charge is -2.19. The van der Waals surface area contributed by atoms with Gasteiger partial charge in [-0.15, -0.1) is 0 Å². The molecule has 0 bridgehead atoms. The maximum Gasteiger partial charge on any atom is 0.431 e. The zero-order valence-electron chi connectivity index (χ0n) is 18.2. The SMILES string of the molecule is C=C(C)C(=O)OCCOCCOCCOCCOC(=O)CONC(=O)OC(C)(C)C. The number of esters is 2. The van der Waals surface area contributed by atoms with Crippen LogP contribution in [0.4, 0.5) is 4.79 Å². The predicted octanol–water partition coefficient (Wildman–Crippen LogP) is 1.16. The number of carbonyl (C=O) groups excluding carboxylic acids is 3. The van der Waals surface area contributed by atoms with Gasteiger partial charge in [0.05, 0.1) is 39.6 Å². The van der Waals surface area contributed by atoms with Crippen LogP contribution < -0.4 is 5.48 Å². The van der Waals surface area contributed by atoms with Crippen LogP contribution in [-0.2, 0) is 42.8 Å². The van der Waals surface area contributed by atoms with E-state index in [1.54, 1.807) is 27.7 Å². The van der Waals surface area contributed by atoms with Crippen molar-refractivity contribution in [3.05, 3.63) is 12.2 Å². The number of hydrogen-bond donors (Lipinski definition) is 1. The van der Waals surface area contributed by atoms with E-state index in [-0.39, 0.29) is 26.4 Å². The van der Waals surface area contributed by atoms with Crippen molar-refractivity contribution in [3.8, 4) is 0 Å². The number of nitrogens with one attached hydrogen (secondary N) is 1. The monoisotopic (exact) mass is 435 g/mol. The van der Waals surface area contributed by atoms with Crippen LogP contribution in [0.1, 0.15) is 27.7 Å². The van der Waals surface area contributed by atoms with E-state index in [4.69, 9.17) is 28.4 Å².